The highest BCUT2D eigenvalue weighted by Crippen LogP contribution is 2.36. The molecule has 0 heterocycles. The number of methoxy groups -OCH3 is 1. The fourth-order valence-electron chi connectivity index (χ4n) is 1.86. The second kappa shape index (κ2) is 4.99. The van der Waals surface area contributed by atoms with E-state index in [0.717, 1.165) is 15.8 Å². The number of hydrogen-bond donors (Lipinski definition) is 1. The molecule has 2 N–H and O–H groups in total. The van der Waals surface area contributed by atoms with Crippen molar-refractivity contribution in [2.24, 2.45) is 5.73 Å². The Morgan fingerprint density at radius 1 is 1.47 bits per heavy atom. The number of rotatable bonds is 3. The van der Waals surface area contributed by atoms with Gasteiger partial charge < -0.3 is 10.5 Å². The minimum absolute atomic E-state index is 0.316. The summed E-state index contributed by atoms with van der Waals surface area (Å²) in [6.07, 6.45) is 0. The van der Waals surface area contributed by atoms with Crippen LogP contribution in [0, 0.1) is 13.8 Å². The minimum atomic E-state index is 0.316. The van der Waals surface area contributed by atoms with E-state index in [1.54, 1.807) is 7.11 Å². The molecule has 0 radical (unpaired) electrons. The van der Waals surface area contributed by atoms with E-state index in [9.17, 15) is 0 Å². The summed E-state index contributed by atoms with van der Waals surface area (Å²) in [7, 11) is 1.71. The van der Waals surface area contributed by atoms with Gasteiger partial charge in [-0.25, -0.2) is 0 Å². The summed E-state index contributed by atoms with van der Waals surface area (Å²) in [6, 6.07) is 2.08. The summed E-state index contributed by atoms with van der Waals surface area (Å²) in [6.45, 7) is 6.90. The molecular weight excluding hydrogens is 254 g/mol. The van der Waals surface area contributed by atoms with Gasteiger partial charge in [-0.1, -0.05) is 22.9 Å². The van der Waals surface area contributed by atoms with Gasteiger partial charge >= 0.3 is 0 Å². The average molecular weight is 272 g/mol. The van der Waals surface area contributed by atoms with Gasteiger partial charge in [0.25, 0.3) is 0 Å². The lowest BCUT2D eigenvalue weighted by Crippen LogP contribution is -2.12. The Bertz CT molecular complexity index is 363. The molecule has 0 spiro atoms. The van der Waals surface area contributed by atoms with E-state index in [0.29, 0.717) is 12.5 Å². The lowest BCUT2D eigenvalue weighted by Gasteiger charge is -2.20. The van der Waals surface area contributed by atoms with Crippen LogP contribution in [0.2, 0.25) is 0 Å². The smallest absolute Gasteiger partial charge is 0.125 e. The minimum Gasteiger partial charge on any atom is -0.496 e. The van der Waals surface area contributed by atoms with E-state index in [1.807, 2.05) is 0 Å². The average Bonchev–Trinajstić information content (AvgIpc) is 2.21. The van der Waals surface area contributed by atoms with Crippen molar-refractivity contribution in [1.82, 2.24) is 0 Å². The Hall–Kier alpha value is -0.540. The summed E-state index contributed by atoms with van der Waals surface area (Å²) >= 11 is 3.56. The monoisotopic (exact) mass is 271 g/mol. The Labute approximate surface area is 99.9 Å². The molecule has 0 aliphatic rings. The predicted octanol–water partition coefficient (Wildman–Crippen LogP) is 3.14. The SMILES string of the molecule is COc1c(C)cc(Br)c(C)c1C(C)CN. The topological polar surface area (TPSA) is 35.2 Å². The van der Waals surface area contributed by atoms with Crippen molar-refractivity contribution >= 4 is 15.9 Å². The zero-order valence-corrected chi connectivity index (χ0v) is 11.3. The van der Waals surface area contributed by atoms with Crippen LogP contribution in [-0.2, 0) is 0 Å². The van der Waals surface area contributed by atoms with Gasteiger partial charge in [0.2, 0.25) is 0 Å². The maximum absolute atomic E-state index is 5.73. The van der Waals surface area contributed by atoms with E-state index in [2.05, 4.69) is 42.8 Å². The molecule has 0 aromatic heterocycles. The van der Waals surface area contributed by atoms with E-state index in [-0.39, 0.29) is 0 Å². The molecule has 1 aromatic carbocycles. The first-order valence-electron chi connectivity index (χ1n) is 5.06. The van der Waals surface area contributed by atoms with Crippen LogP contribution < -0.4 is 10.5 Å². The highest BCUT2D eigenvalue weighted by atomic mass is 79.9. The molecule has 0 saturated heterocycles. The number of hydrogen-bond acceptors (Lipinski definition) is 2. The molecule has 2 nitrogen and oxygen atoms in total. The number of aryl methyl sites for hydroxylation is 1. The van der Waals surface area contributed by atoms with Gasteiger partial charge in [-0.05, 0) is 43.5 Å². The molecule has 0 amide bonds. The highest BCUT2D eigenvalue weighted by Gasteiger charge is 2.17. The van der Waals surface area contributed by atoms with Gasteiger partial charge in [0.1, 0.15) is 5.75 Å². The van der Waals surface area contributed by atoms with Gasteiger partial charge in [-0.2, -0.15) is 0 Å². The van der Waals surface area contributed by atoms with E-state index >= 15 is 0 Å². The fraction of sp³-hybridized carbons (Fsp3) is 0.500. The Kier molecular flexibility index (Phi) is 4.17. The van der Waals surface area contributed by atoms with Gasteiger partial charge in [0.05, 0.1) is 7.11 Å². The fourth-order valence-corrected chi connectivity index (χ4v) is 2.41. The molecule has 0 fully saturated rings. The van der Waals surface area contributed by atoms with Crippen molar-refractivity contribution in [2.75, 3.05) is 13.7 Å². The van der Waals surface area contributed by atoms with E-state index in [4.69, 9.17) is 10.5 Å². The Balaban J connectivity index is 3.43. The maximum atomic E-state index is 5.73. The van der Waals surface area contributed by atoms with Crippen LogP contribution in [0.15, 0.2) is 10.5 Å². The first-order valence-corrected chi connectivity index (χ1v) is 5.85. The zero-order chi connectivity index (χ0) is 11.6. The van der Waals surface area contributed by atoms with Gasteiger partial charge in [-0.3, -0.25) is 0 Å². The van der Waals surface area contributed by atoms with E-state index in [1.165, 1.54) is 11.1 Å². The van der Waals surface area contributed by atoms with Crippen molar-refractivity contribution in [1.29, 1.82) is 0 Å². The quantitative estimate of drug-likeness (QED) is 0.917. The molecular formula is C12H18BrNO. The summed E-state index contributed by atoms with van der Waals surface area (Å²) in [5.74, 6) is 1.28. The zero-order valence-electron chi connectivity index (χ0n) is 9.73. The molecule has 1 unspecified atom stereocenters. The van der Waals surface area contributed by atoms with E-state index < -0.39 is 0 Å². The second-order valence-electron chi connectivity index (χ2n) is 3.88. The number of benzene rings is 1. The molecule has 1 aromatic rings. The van der Waals surface area contributed by atoms with Crippen LogP contribution >= 0.6 is 15.9 Å². The standard InChI is InChI=1S/C12H18BrNO/c1-7-5-10(13)9(3)11(8(2)6-14)12(7)15-4/h5,8H,6,14H2,1-4H3. The van der Waals surface area contributed by atoms with Gasteiger partial charge in [-0.15, -0.1) is 0 Å². The molecule has 3 heteroatoms. The molecule has 1 atom stereocenters. The third-order valence-corrected chi connectivity index (χ3v) is 3.58. The Morgan fingerprint density at radius 3 is 2.53 bits per heavy atom. The highest BCUT2D eigenvalue weighted by molar-refractivity contribution is 9.10. The summed E-state index contributed by atoms with van der Waals surface area (Å²) in [5, 5.41) is 0. The van der Waals surface area contributed by atoms with Crippen LogP contribution in [-0.4, -0.2) is 13.7 Å². The normalized spacial score (nSPS) is 12.7. The number of halogens is 1. The second-order valence-corrected chi connectivity index (χ2v) is 4.74. The first kappa shape index (κ1) is 12.5. The molecule has 0 aliphatic heterocycles. The third kappa shape index (κ3) is 2.34. The molecule has 0 saturated carbocycles. The van der Waals surface area contributed by atoms with Crippen LogP contribution in [0.1, 0.15) is 29.5 Å². The predicted molar refractivity (Wildman–Crippen MR) is 67.6 cm³/mol. The van der Waals surface area contributed by atoms with Crippen LogP contribution in [0.25, 0.3) is 0 Å². The largest absolute Gasteiger partial charge is 0.496 e. The third-order valence-electron chi connectivity index (χ3n) is 2.76. The van der Waals surface area contributed by atoms with Crippen LogP contribution in [0.3, 0.4) is 0 Å². The van der Waals surface area contributed by atoms with Crippen molar-refractivity contribution in [3.05, 3.63) is 27.2 Å². The molecule has 84 valence electrons. The van der Waals surface area contributed by atoms with Crippen molar-refractivity contribution in [3.63, 3.8) is 0 Å². The summed E-state index contributed by atoms with van der Waals surface area (Å²) in [5.41, 5.74) is 9.30. The molecule has 15 heavy (non-hydrogen) atoms. The maximum Gasteiger partial charge on any atom is 0.125 e. The van der Waals surface area contributed by atoms with Crippen LogP contribution in [0.4, 0.5) is 0 Å². The van der Waals surface area contributed by atoms with Crippen molar-refractivity contribution < 1.29 is 4.74 Å². The van der Waals surface area contributed by atoms with Crippen molar-refractivity contribution in [2.45, 2.75) is 26.7 Å². The van der Waals surface area contributed by atoms with Crippen molar-refractivity contribution in [3.8, 4) is 5.75 Å². The lowest BCUT2D eigenvalue weighted by atomic mass is 9.93. The lowest BCUT2D eigenvalue weighted by molar-refractivity contribution is 0.403. The molecule has 1 rings (SSSR count). The number of nitrogens with two attached hydrogens (primary N) is 1. The Morgan fingerprint density at radius 2 is 2.07 bits per heavy atom. The molecule has 0 aliphatic carbocycles. The first-order chi connectivity index (χ1) is 7.02. The number of ether oxygens (including phenoxy) is 1. The summed E-state index contributed by atoms with van der Waals surface area (Å²) < 4.78 is 6.58. The van der Waals surface area contributed by atoms with Gasteiger partial charge in [0.15, 0.2) is 0 Å². The molecule has 0 bridgehead atoms. The summed E-state index contributed by atoms with van der Waals surface area (Å²) in [4.78, 5) is 0. The van der Waals surface area contributed by atoms with Crippen LogP contribution in [0.5, 0.6) is 5.75 Å². The van der Waals surface area contributed by atoms with Gasteiger partial charge in [0, 0.05) is 10.0 Å².